The van der Waals surface area contributed by atoms with Crippen molar-refractivity contribution in [3.63, 3.8) is 0 Å². The van der Waals surface area contributed by atoms with Gasteiger partial charge >= 0.3 is 0 Å². The lowest BCUT2D eigenvalue weighted by molar-refractivity contribution is 0.0909. The van der Waals surface area contributed by atoms with Gasteiger partial charge in [-0.1, -0.05) is 48.5 Å². The summed E-state index contributed by atoms with van der Waals surface area (Å²) >= 11 is 0. The number of benzene rings is 2. The Balaban J connectivity index is 1.55. The molecule has 1 saturated heterocycles. The molecule has 1 aliphatic heterocycles. The van der Waals surface area contributed by atoms with Gasteiger partial charge in [-0.15, -0.1) is 0 Å². The van der Waals surface area contributed by atoms with Crippen molar-refractivity contribution in [2.45, 2.75) is 31.3 Å². The largest absolute Gasteiger partial charge is 0.298 e. The van der Waals surface area contributed by atoms with Crippen molar-refractivity contribution in [3.8, 4) is 6.07 Å². The number of rotatable bonds is 2. The van der Waals surface area contributed by atoms with E-state index in [4.69, 9.17) is 0 Å². The van der Waals surface area contributed by atoms with Gasteiger partial charge in [-0.2, -0.15) is 5.26 Å². The predicted molar refractivity (Wildman–Crippen MR) is 108 cm³/mol. The van der Waals surface area contributed by atoms with E-state index in [2.05, 4.69) is 64.4 Å². The van der Waals surface area contributed by atoms with E-state index >= 15 is 0 Å². The molecule has 27 heavy (non-hydrogen) atoms. The number of nitrogens with zero attached hydrogens (tertiary/aromatic N) is 3. The quantitative estimate of drug-likeness (QED) is 0.762. The zero-order chi connectivity index (χ0) is 18.2. The number of nitriles is 1. The fourth-order valence-electron chi connectivity index (χ4n) is 4.86. The average molecular weight is 355 g/mol. The number of hydrogen-bond donors (Lipinski definition) is 0. The van der Waals surface area contributed by atoms with Gasteiger partial charge in [-0.05, 0) is 47.1 Å². The molecule has 2 aromatic rings. The van der Waals surface area contributed by atoms with Gasteiger partial charge in [-0.3, -0.25) is 9.80 Å². The summed E-state index contributed by atoms with van der Waals surface area (Å²) in [6.07, 6.45) is 5.52. The molecule has 0 radical (unpaired) electrons. The first-order chi connectivity index (χ1) is 13.3. The van der Waals surface area contributed by atoms with E-state index in [1.807, 2.05) is 0 Å². The molecule has 1 heterocycles. The van der Waals surface area contributed by atoms with Gasteiger partial charge in [0.1, 0.15) is 0 Å². The second-order valence-electron chi connectivity index (χ2n) is 7.95. The molecule has 3 nitrogen and oxygen atoms in total. The molecule has 2 aliphatic carbocycles. The molecule has 1 atom stereocenters. The summed E-state index contributed by atoms with van der Waals surface area (Å²) in [6.45, 7) is 4.64. The number of allylic oxidation sites excluding steroid dienone is 1. The van der Waals surface area contributed by atoms with Crippen LogP contribution in [-0.4, -0.2) is 42.0 Å². The van der Waals surface area contributed by atoms with Crippen LogP contribution in [-0.2, 0) is 6.42 Å². The van der Waals surface area contributed by atoms with Crippen molar-refractivity contribution in [2.24, 2.45) is 0 Å². The normalized spacial score (nSPS) is 24.7. The van der Waals surface area contributed by atoms with E-state index in [0.717, 1.165) is 31.1 Å². The van der Waals surface area contributed by atoms with Gasteiger partial charge in [0.05, 0.1) is 6.07 Å². The summed E-state index contributed by atoms with van der Waals surface area (Å²) in [5.41, 5.74) is 6.23. The van der Waals surface area contributed by atoms with Crippen molar-refractivity contribution in [1.29, 1.82) is 5.26 Å². The third kappa shape index (κ3) is 3.10. The first-order valence-electron chi connectivity index (χ1n) is 10.1. The zero-order valence-electron chi connectivity index (χ0n) is 15.6. The highest BCUT2D eigenvalue weighted by Gasteiger charge is 2.35. The second kappa shape index (κ2) is 6.96. The summed E-state index contributed by atoms with van der Waals surface area (Å²) in [6, 6.07) is 20.8. The molecule has 5 rings (SSSR count). The monoisotopic (exact) mass is 355 g/mol. The average Bonchev–Trinajstić information content (AvgIpc) is 3.57. The lowest BCUT2D eigenvalue weighted by Crippen LogP contribution is -2.48. The minimum absolute atomic E-state index is 0.383. The van der Waals surface area contributed by atoms with Crippen LogP contribution in [0.2, 0.25) is 0 Å². The second-order valence-corrected chi connectivity index (χ2v) is 7.95. The van der Waals surface area contributed by atoms with E-state index in [-0.39, 0.29) is 0 Å². The molecule has 0 N–H and O–H groups in total. The van der Waals surface area contributed by atoms with Gasteiger partial charge < -0.3 is 0 Å². The molecular formula is C24H25N3. The zero-order valence-corrected chi connectivity index (χ0v) is 15.6. The minimum atomic E-state index is 0.383. The topological polar surface area (TPSA) is 30.3 Å². The number of piperazine rings is 1. The third-order valence-corrected chi connectivity index (χ3v) is 6.39. The van der Waals surface area contributed by atoms with Gasteiger partial charge in [0, 0.05) is 44.3 Å². The Kier molecular flexibility index (Phi) is 4.32. The first kappa shape index (κ1) is 16.7. The first-order valence-corrected chi connectivity index (χ1v) is 10.1. The van der Waals surface area contributed by atoms with E-state index in [1.165, 1.54) is 48.2 Å². The lowest BCUT2D eigenvalue weighted by atomic mass is 9.93. The smallest absolute Gasteiger partial charge is 0.0918 e. The Morgan fingerprint density at radius 3 is 2.26 bits per heavy atom. The Morgan fingerprint density at radius 2 is 1.52 bits per heavy atom. The maximum absolute atomic E-state index is 9.42. The minimum Gasteiger partial charge on any atom is -0.298 e. The fourth-order valence-corrected chi connectivity index (χ4v) is 4.86. The van der Waals surface area contributed by atoms with E-state index in [1.54, 1.807) is 6.08 Å². The standard InChI is InChI=1S/C24H25N3/c25-12-11-22-20-6-2-1-5-18(20)17-24(23-8-4-3-7-21(22)23)27-15-13-26(14-16-27)19-9-10-19/h1-8,11,19,24H,9-10,13-17H2. The lowest BCUT2D eigenvalue weighted by Gasteiger charge is -2.40. The van der Waals surface area contributed by atoms with Crippen LogP contribution in [0.15, 0.2) is 54.6 Å². The highest BCUT2D eigenvalue weighted by molar-refractivity contribution is 5.85. The highest BCUT2D eigenvalue weighted by Crippen LogP contribution is 2.40. The molecule has 0 bridgehead atoms. The summed E-state index contributed by atoms with van der Waals surface area (Å²) in [4.78, 5) is 5.35. The Hall–Kier alpha value is -2.41. The molecule has 3 heteroatoms. The van der Waals surface area contributed by atoms with Crippen LogP contribution in [0, 0.1) is 11.3 Å². The van der Waals surface area contributed by atoms with Crippen molar-refractivity contribution < 1.29 is 0 Å². The molecule has 136 valence electrons. The van der Waals surface area contributed by atoms with Gasteiger partial charge in [0.25, 0.3) is 0 Å². The van der Waals surface area contributed by atoms with Crippen LogP contribution in [0.5, 0.6) is 0 Å². The number of fused-ring (bicyclic) bond motifs is 2. The SMILES string of the molecule is N#CC=C1c2ccccc2CC(N2CCN(C3CC3)CC2)c2ccccc21. The Labute approximate surface area is 161 Å². The Bertz CT molecular complexity index is 911. The maximum Gasteiger partial charge on any atom is 0.0918 e. The Morgan fingerprint density at radius 1 is 0.852 bits per heavy atom. The number of hydrogen-bond acceptors (Lipinski definition) is 3. The van der Waals surface area contributed by atoms with Gasteiger partial charge in [-0.25, -0.2) is 0 Å². The molecule has 3 aliphatic rings. The third-order valence-electron chi connectivity index (χ3n) is 6.39. The molecule has 1 saturated carbocycles. The van der Waals surface area contributed by atoms with Crippen molar-refractivity contribution in [3.05, 3.63) is 76.9 Å². The molecular weight excluding hydrogens is 330 g/mol. The van der Waals surface area contributed by atoms with Crippen molar-refractivity contribution in [1.82, 2.24) is 9.80 Å². The predicted octanol–water partition coefficient (Wildman–Crippen LogP) is 4.02. The van der Waals surface area contributed by atoms with Crippen molar-refractivity contribution >= 4 is 5.57 Å². The van der Waals surface area contributed by atoms with E-state index in [0.29, 0.717) is 6.04 Å². The van der Waals surface area contributed by atoms with Gasteiger partial charge in [0.15, 0.2) is 0 Å². The molecule has 0 amide bonds. The molecule has 2 aromatic carbocycles. The summed E-state index contributed by atoms with van der Waals surface area (Å²) in [5.74, 6) is 0. The maximum atomic E-state index is 9.42. The van der Waals surface area contributed by atoms with Crippen LogP contribution in [0.4, 0.5) is 0 Å². The van der Waals surface area contributed by atoms with E-state index < -0.39 is 0 Å². The summed E-state index contributed by atoms with van der Waals surface area (Å²) < 4.78 is 0. The van der Waals surface area contributed by atoms with Crippen LogP contribution in [0.3, 0.4) is 0 Å². The summed E-state index contributed by atoms with van der Waals surface area (Å²) in [5, 5.41) is 9.42. The molecule has 0 spiro atoms. The molecule has 0 aromatic heterocycles. The van der Waals surface area contributed by atoms with Crippen LogP contribution in [0.1, 0.15) is 41.1 Å². The summed E-state index contributed by atoms with van der Waals surface area (Å²) in [7, 11) is 0. The van der Waals surface area contributed by atoms with Crippen molar-refractivity contribution in [2.75, 3.05) is 26.2 Å². The highest BCUT2D eigenvalue weighted by atomic mass is 15.3. The van der Waals surface area contributed by atoms with Crippen LogP contribution in [0.25, 0.3) is 5.57 Å². The van der Waals surface area contributed by atoms with Crippen LogP contribution >= 0.6 is 0 Å². The van der Waals surface area contributed by atoms with E-state index in [9.17, 15) is 5.26 Å². The molecule has 1 unspecified atom stereocenters. The van der Waals surface area contributed by atoms with Crippen LogP contribution < -0.4 is 0 Å². The molecule has 2 fully saturated rings. The van der Waals surface area contributed by atoms with Gasteiger partial charge in [0.2, 0.25) is 0 Å². The fraction of sp³-hybridized carbons (Fsp3) is 0.375.